The van der Waals surface area contributed by atoms with Crippen molar-refractivity contribution in [3.63, 3.8) is 0 Å². The highest BCUT2D eigenvalue weighted by Crippen LogP contribution is 2.04. The Labute approximate surface area is 225 Å². The Morgan fingerprint density at radius 3 is 1.37 bits per heavy atom. The Kier molecular flexibility index (Phi) is 27.0. The van der Waals surface area contributed by atoms with Crippen molar-refractivity contribution in [2.24, 2.45) is 46.4 Å². The molecule has 5 atom stereocenters. The highest BCUT2D eigenvalue weighted by Gasteiger charge is 2.17. The van der Waals surface area contributed by atoms with Crippen LogP contribution in [0, 0.1) is 23.2 Å². The largest absolute Gasteiger partial charge is 0.480 e. The number of aliphatic carboxylic acids is 4. The van der Waals surface area contributed by atoms with E-state index in [1.807, 2.05) is 27.7 Å². The van der Waals surface area contributed by atoms with E-state index in [9.17, 15) is 19.2 Å². The van der Waals surface area contributed by atoms with Crippen molar-refractivity contribution >= 4 is 29.8 Å². The zero-order valence-electron chi connectivity index (χ0n) is 23.4. The van der Waals surface area contributed by atoms with E-state index in [-0.39, 0.29) is 17.8 Å². The highest BCUT2D eigenvalue weighted by molar-refractivity contribution is 5.75. The predicted octanol–water partition coefficient (Wildman–Crippen LogP) is -0.395. The monoisotopic (exact) mass is 553 g/mol. The fourth-order valence-electron chi connectivity index (χ4n) is 2.06. The third-order valence-electron chi connectivity index (χ3n) is 4.91. The van der Waals surface area contributed by atoms with E-state index in [4.69, 9.17) is 54.5 Å². The molecule has 16 N–H and O–H groups in total. The van der Waals surface area contributed by atoms with Gasteiger partial charge in [-0.1, -0.05) is 48.0 Å². The molecule has 0 spiro atoms. The van der Waals surface area contributed by atoms with Gasteiger partial charge < -0.3 is 54.4 Å². The van der Waals surface area contributed by atoms with Gasteiger partial charge >= 0.3 is 23.9 Å². The molecule has 0 aliphatic rings. The van der Waals surface area contributed by atoms with Crippen molar-refractivity contribution in [3.05, 3.63) is 0 Å². The van der Waals surface area contributed by atoms with E-state index < -0.39 is 48.0 Å². The van der Waals surface area contributed by atoms with Crippen LogP contribution in [0.5, 0.6) is 0 Å². The molecule has 0 amide bonds. The second-order valence-electron chi connectivity index (χ2n) is 9.36. The maximum absolute atomic E-state index is 10.2. The molecule has 0 aliphatic carbocycles. The highest BCUT2D eigenvalue weighted by atomic mass is 16.4. The van der Waals surface area contributed by atoms with Crippen molar-refractivity contribution in [2.75, 3.05) is 6.54 Å². The second kappa shape index (κ2) is 24.3. The van der Waals surface area contributed by atoms with E-state index in [2.05, 4.69) is 5.32 Å². The fourth-order valence-corrected chi connectivity index (χ4v) is 2.06. The number of nitrogens with two attached hydrogens (primary N) is 5. The van der Waals surface area contributed by atoms with Crippen LogP contribution < -0.4 is 34.0 Å². The lowest BCUT2D eigenvalue weighted by atomic mass is 10.0. The molecule has 0 aromatic heterocycles. The Balaban J connectivity index is -0.000000205. The topological polar surface area (TPSA) is 315 Å². The molecule has 0 aromatic carbocycles. The fraction of sp³-hybridized carbons (Fsp3) is 0.783. The van der Waals surface area contributed by atoms with Gasteiger partial charge in [-0.2, -0.15) is 0 Å². The molecular formula is C23H51N7O8. The first-order chi connectivity index (χ1) is 17.2. The quantitative estimate of drug-likeness (QED) is 0.0785. The molecule has 0 aliphatic heterocycles. The average molecular weight is 554 g/mol. The van der Waals surface area contributed by atoms with E-state index in [0.29, 0.717) is 31.7 Å². The van der Waals surface area contributed by atoms with Crippen molar-refractivity contribution < 1.29 is 39.6 Å². The van der Waals surface area contributed by atoms with Crippen LogP contribution in [0.2, 0.25) is 0 Å². The first-order valence-electron chi connectivity index (χ1n) is 12.2. The maximum Gasteiger partial charge on any atom is 0.320 e. The lowest BCUT2D eigenvalue weighted by Gasteiger charge is -2.11. The van der Waals surface area contributed by atoms with Crippen LogP contribution in [-0.2, 0) is 19.2 Å². The lowest BCUT2D eigenvalue weighted by molar-refractivity contribution is -0.140. The summed E-state index contributed by atoms with van der Waals surface area (Å²) in [5.74, 6) is -3.42. The minimum atomic E-state index is -1.00. The number of carboxylic acids is 4. The minimum Gasteiger partial charge on any atom is -0.480 e. The first-order valence-corrected chi connectivity index (χ1v) is 12.2. The lowest BCUT2D eigenvalue weighted by Crippen LogP contribution is -2.36. The molecule has 0 unspecified atom stereocenters. The van der Waals surface area contributed by atoms with Gasteiger partial charge in [0.05, 0.1) is 0 Å². The molecule has 38 heavy (non-hydrogen) atoms. The van der Waals surface area contributed by atoms with Gasteiger partial charge in [0.15, 0.2) is 5.96 Å². The van der Waals surface area contributed by atoms with E-state index >= 15 is 0 Å². The third kappa shape index (κ3) is 29.2. The molecule has 0 radical (unpaired) electrons. The van der Waals surface area contributed by atoms with Gasteiger partial charge in [-0.05, 0) is 37.0 Å². The number of hydrogen-bond donors (Lipinski definition) is 11. The van der Waals surface area contributed by atoms with Crippen LogP contribution >= 0.6 is 0 Å². The number of nitrogens with one attached hydrogen (secondary N) is 2. The van der Waals surface area contributed by atoms with Gasteiger partial charge in [-0.3, -0.25) is 24.6 Å². The summed E-state index contributed by atoms with van der Waals surface area (Å²) in [5.41, 5.74) is 25.9. The first kappa shape index (κ1) is 42.1. The van der Waals surface area contributed by atoms with Crippen LogP contribution in [0.1, 0.15) is 67.2 Å². The summed E-state index contributed by atoms with van der Waals surface area (Å²) in [5, 5.41) is 42.6. The maximum atomic E-state index is 10.2. The van der Waals surface area contributed by atoms with E-state index in [0.717, 1.165) is 6.42 Å². The summed E-state index contributed by atoms with van der Waals surface area (Å²) in [6, 6.07) is -2.92. The molecule has 15 nitrogen and oxygen atoms in total. The molecule has 0 saturated heterocycles. The smallest absolute Gasteiger partial charge is 0.320 e. The molecule has 0 saturated carbocycles. The van der Waals surface area contributed by atoms with Gasteiger partial charge in [0.25, 0.3) is 0 Å². The molecule has 0 bridgehead atoms. The van der Waals surface area contributed by atoms with Gasteiger partial charge in [0.2, 0.25) is 0 Å². The van der Waals surface area contributed by atoms with Crippen LogP contribution in [0.3, 0.4) is 0 Å². The molecule has 0 aromatic rings. The van der Waals surface area contributed by atoms with Crippen molar-refractivity contribution in [3.8, 4) is 0 Å². The summed E-state index contributed by atoms with van der Waals surface area (Å²) in [4.78, 5) is 40.5. The normalized spacial score (nSPS) is 14.0. The Bertz CT molecular complexity index is 693. The molecular weight excluding hydrogens is 502 g/mol. The number of rotatable bonds is 13. The summed E-state index contributed by atoms with van der Waals surface area (Å²) in [6.07, 6.45) is 2.34. The van der Waals surface area contributed by atoms with Gasteiger partial charge in [0, 0.05) is 6.54 Å². The van der Waals surface area contributed by atoms with Crippen LogP contribution in [0.15, 0.2) is 0 Å². The Hall–Kier alpha value is -3.01. The summed E-state index contributed by atoms with van der Waals surface area (Å²) < 4.78 is 0. The van der Waals surface area contributed by atoms with E-state index in [1.54, 1.807) is 13.8 Å². The zero-order valence-corrected chi connectivity index (χ0v) is 23.4. The molecule has 15 heteroatoms. The van der Waals surface area contributed by atoms with Gasteiger partial charge in [-0.25, -0.2) is 0 Å². The van der Waals surface area contributed by atoms with Crippen molar-refractivity contribution in [2.45, 2.75) is 91.4 Å². The minimum absolute atomic E-state index is 0.0208. The molecule has 0 fully saturated rings. The summed E-state index contributed by atoms with van der Waals surface area (Å²) in [7, 11) is 0. The van der Waals surface area contributed by atoms with Crippen LogP contribution in [0.25, 0.3) is 0 Å². The van der Waals surface area contributed by atoms with Crippen molar-refractivity contribution in [1.29, 1.82) is 5.41 Å². The zero-order chi connectivity index (χ0) is 31.2. The van der Waals surface area contributed by atoms with Crippen molar-refractivity contribution in [1.82, 2.24) is 5.32 Å². The number of guanidine groups is 1. The molecule has 0 heterocycles. The molecule has 226 valence electrons. The van der Waals surface area contributed by atoms with Gasteiger partial charge in [0.1, 0.15) is 24.2 Å². The number of carboxylic acid groups (broad SMARTS) is 4. The average Bonchev–Trinajstić information content (AvgIpc) is 2.80. The predicted molar refractivity (Wildman–Crippen MR) is 145 cm³/mol. The summed E-state index contributed by atoms with van der Waals surface area (Å²) >= 11 is 0. The Morgan fingerprint density at radius 1 is 0.763 bits per heavy atom. The SMILES string of the molecule is CC(C)C[C@H](N)C(=O)O.CC(C)[C@H](N)C(=O)O.CC[C@H](C)[C@H](N)C(=O)O.N=C(N)NCCC[C@H](N)C(=O)O. The van der Waals surface area contributed by atoms with Crippen LogP contribution in [-0.4, -0.2) is 81.0 Å². The van der Waals surface area contributed by atoms with Gasteiger partial charge in [-0.15, -0.1) is 0 Å². The standard InChI is InChI=1S/C6H14N4O2.2C6H13NO2.C5H11NO2/c7-4(5(11)12)2-1-3-10-6(8)9;1-4(2)3-5(7)6(8)9;1-3-4(2)5(7)6(8)9;1-3(2)4(6)5(7)8/h4H,1-3,7H2,(H,11,12)(H4,8,9,10);2*4-5H,3,7H2,1-2H3,(H,8,9);3-4H,6H2,1-2H3,(H,7,8)/t4-;5-;4-,5-;4-/m0000/s1. The van der Waals surface area contributed by atoms with Crippen LogP contribution in [0.4, 0.5) is 0 Å². The Morgan fingerprint density at radius 2 is 1.18 bits per heavy atom. The number of hydrogen-bond acceptors (Lipinski definition) is 9. The number of carbonyl (C=O) groups is 4. The molecule has 0 rings (SSSR count). The second-order valence-corrected chi connectivity index (χ2v) is 9.36. The third-order valence-corrected chi connectivity index (χ3v) is 4.91. The van der Waals surface area contributed by atoms with E-state index in [1.165, 1.54) is 0 Å². The summed E-state index contributed by atoms with van der Waals surface area (Å²) in [6.45, 7) is 11.7.